The van der Waals surface area contributed by atoms with E-state index in [4.69, 9.17) is 14.6 Å². The standard InChI is InChI=1S/C12H21FO10/c13-11-8(19)7(18)10(4(2-15)21-11)23-12-9(20)6(17)5(16)3(1-14)22-12/h3-12,14-20H,1-2H2/t3?,4?,5-,6-,7+,8?,9?,10+,11-,12-/m0/s1. The Hall–Kier alpha value is -0.470. The highest BCUT2D eigenvalue weighted by atomic mass is 19.1. The van der Waals surface area contributed by atoms with E-state index >= 15 is 0 Å². The van der Waals surface area contributed by atoms with E-state index in [0.717, 1.165) is 0 Å². The van der Waals surface area contributed by atoms with Crippen LogP contribution in [0.4, 0.5) is 4.39 Å². The molecule has 0 saturated carbocycles. The van der Waals surface area contributed by atoms with Crippen LogP contribution in [0.2, 0.25) is 0 Å². The molecule has 0 spiro atoms. The third-order valence-corrected chi connectivity index (χ3v) is 3.95. The maximum Gasteiger partial charge on any atom is 0.228 e. The molecule has 11 heteroatoms. The van der Waals surface area contributed by atoms with Gasteiger partial charge in [-0.1, -0.05) is 0 Å². The molecule has 4 unspecified atom stereocenters. The SMILES string of the molecule is OCC1O[C@H](F)C(O)[C@@H](O)[C@@H]1O[C@@H]1OC(CO)[C@H](O)[C@H](O)C1O. The number of aliphatic hydroxyl groups excluding tert-OH is 7. The van der Waals surface area contributed by atoms with Crippen molar-refractivity contribution in [3.63, 3.8) is 0 Å². The van der Waals surface area contributed by atoms with Crippen LogP contribution in [0.3, 0.4) is 0 Å². The van der Waals surface area contributed by atoms with Gasteiger partial charge < -0.3 is 50.0 Å². The number of rotatable bonds is 4. The summed E-state index contributed by atoms with van der Waals surface area (Å²) in [6.45, 7) is -1.45. The Bertz CT molecular complexity index is 383. The summed E-state index contributed by atoms with van der Waals surface area (Å²) in [6, 6.07) is 0. The zero-order chi connectivity index (χ0) is 17.3. The maximum atomic E-state index is 13.3. The number of ether oxygens (including phenoxy) is 3. The molecule has 2 aliphatic rings. The Morgan fingerprint density at radius 2 is 1.35 bits per heavy atom. The van der Waals surface area contributed by atoms with Gasteiger partial charge in [0.25, 0.3) is 0 Å². The Morgan fingerprint density at radius 1 is 0.739 bits per heavy atom. The van der Waals surface area contributed by atoms with Crippen molar-refractivity contribution in [2.24, 2.45) is 0 Å². The lowest BCUT2D eigenvalue weighted by Crippen LogP contribution is -2.64. The molecule has 2 aliphatic heterocycles. The van der Waals surface area contributed by atoms with Crippen molar-refractivity contribution in [3.8, 4) is 0 Å². The van der Waals surface area contributed by atoms with E-state index in [0.29, 0.717) is 0 Å². The molecule has 23 heavy (non-hydrogen) atoms. The van der Waals surface area contributed by atoms with Crippen LogP contribution in [0, 0.1) is 0 Å². The number of hydrogen-bond donors (Lipinski definition) is 7. The van der Waals surface area contributed by atoms with Gasteiger partial charge in [0.05, 0.1) is 13.2 Å². The molecule has 0 bridgehead atoms. The van der Waals surface area contributed by atoms with Gasteiger partial charge in [0, 0.05) is 0 Å². The summed E-state index contributed by atoms with van der Waals surface area (Å²) in [6.07, 6.45) is -16.8. The van der Waals surface area contributed by atoms with Crippen molar-refractivity contribution < 1.29 is 54.3 Å². The van der Waals surface area contributed by atoms with Crippen LogP contribution >= 0.6 is 0 Å². The minimum atomic E-state index is -2.24. The third-order valence-electron chi connectivity index (χ3n) is 3.95. The van der Waals surface area contributed by atoms with Crippen LogP contribution in [0.5, 0.6) is 0 Å². The van der Waals surface area contributed by atoms with Gasteiger partial charge in [-0.05, 0) is 0 Å². The molecular weight excluding hydrogens is 323 g/mol. The van der Waals surface area contributed by atoms with Gasteiger partial charge in [0.2, 0.25) is 6.36 Å². The molecule has 0 radical (unpaired) electrons. The first kappa shape index (κ1) is 18.9. The fourth-order valence-corrected chi connectivity index (χ4v) is 2.54. The molecule has 0 aromatic heterocycles. The van der Waals surface area contributed by atoms with Crippen molar-refractivity contribution >= 4 is 0 Å². The lowest BCUT2D eigenvalue weighted by atomic mass is 9.97. The molecule has 7 N–H and O–H groups in total. The van der Waals surface area contributed by atoms with Crippen molar-refractivity contribution in [2.45, 2.75) is 61.5 Å². The monoisotopic (exact) mass is 344 g/mol. The molecule has 0 aromatic rings. The second-order valence-corrected chi connectivity index (χ2v) is 5.49. The number of alkyl halides is 1. The van der Waals surface area contributed by atoms with E-state index in [1.807, 2.05) is 0 Å². The zero-order valence-electron chi connectivity index (χ0n) is 11.9. The van der Waals surface area contributed by atoms with Gasteiger partial charge in [-0.15, -0.1) is 0 Å². The molecule has 0 amide bonds. The van der Waals surface area contributed by atoms with Crippen molar-refractivity contribution in [1.82, 2.24) is 0 Å². The first-order chi connectivity index (χ1) is 10.8. The smallest absolute Gasteiger partial charge is 0.228 e. The highest BCUT2D eigenvalue weighted by Crippen LogP contribution is 2.29. The zero-order valence-corrected chi connectivity index (χ0v) is 11.9. The molecule has 0 aromatic carbocycles. The van der Waals surface area contributed by atoms with Crippen molar-refractivity contribution in [2.75, 3.05) is 13.2 Å². The van der Waals surface area contributed by atoms with Gasteiger partial charge >= 0.3 is 0 Å². The average Bonchev–Trinajstić information content (AvgIpc) is 2.55. The van der Waals surface area contributed by atoms with Gasteiger partial charge in [-0.2, -0.15) is 0 Å². The minimum Gasteiger partial charge on any atom is -0.394 e. The van der Waals surface area contributed by atoms with Gasteiger partial charge in [-0.3, -0.25) is 0 Å². The fourth-order valence-electron chi connectivity index (χ4n) is 2.54. The fraction of sp³-hybridized carbons (Fsp3) is 1.00. The minimum absolute atomic E-state index is 0.687. The van der Waals surface area contributed by atoms with Crippen LogP contribution in [-0.4, -0.2) is 110 Å². The topological polar surface area (TPSA) is 169 Å². The predicted octanol–water partition coefficient (Wildman–Crippen LogP) is -4.42. The van der Waals surface area contributed by atoms with Gasteiger partial charge in [-0.25, -0.2) is 4.39 Å². The molecule has 2 saturated heterocycles. The van der Waals surface area contributed by atoms with Crippen LogP contribution in [0.15, 0.2) is 0 Å². The maximum absolute atomic E-state index is 13.3. The van der Waals surface area contributed by atoms with Gasteiger partial charge in [0.1, 0.15) is 48.8 Å². The van der Waals surface area contributed by atoms with Crippen LogP contribution in [0.25, 0.3) is 0 Å². The third kappa shape index (κ3) is 3.64. The van der Waals surface area contributed by atoms with Crippen LogP contribution in [-0.2, 0) is 14.2 Å². The van der Waals surface area contributed by atoms with Crippen LogP contribution < -0.4 is 0 Å². The van der Waals surface area contributed by atoms with E-state index in [-0.39, 0.29) is 0 Å². The second kappa shape index (κ2) is 7.61. The Morgan fingerprint density at radius 3 is 1.91 bits per heavy atom. The largest absolute Gasteiger partial charge is 0.394 e. The summed E-state index contributed by atoms with van der Waals surface area (Å²) in [4.78, 5) is 0. The lowest BCUT2D eigenvalue weighted by Gasteiger charge is -2.44. The normalized spacial score (nSPS) is 51.7. The Balaban J connectivity index is 2.11. The van der Waals surface area contributed by atoms with E-state index in [1.165, 1.54) is 0 Å². The molecule has 10 nitrogen and oxygen atoms in total. The summed E-state index contributed by atoms with van der Waals surface area (Å²) in [5.74, 6) is 0. The quantitative estimate of drug-likeness (QED) is 0.264. The number of hydrogen-bond acceptors (Lipinski definition) is 10. The summed E-state index contributed by atoms with van der Waals surface area (Å²) in [5, 5.41) is 66.8. The van der Waals surface area contributed by atoms with Crippen LogP contribution in [0.1, 0.15) is 0 Å². The first-order valence-corrected chi connectivity index (χ1v) is 7.04. The Labute approximate surface area is 130 Å². The summed E-state index contributed by atoms with van der Waals surface area (Å²) in [5.41, 5.74) is 0. The molecule has 2 heterocycles. The summed E-state index contributed by atoms with van der Waals surface area (Å²) >= 11 is 0. The number of halogens is 1. The summed E-state index contributed by atoms with van der Waals surface area (Å²) in [7, 11) is 0. The first-order valence-electron chi connectivity index (χ1n) is 7.04. The number of aliphatic hydroxyl groups is 7. The predicted molar refractivity (Wildman–Crippen MR) is 67.5 cm³/mol. The molecular formula is C12H21FO10. The van der Waals surface area contributed by atoms with Crippen molar-refractivity contribution in [3.05, 3.63) is 0 Å². The van der Waals surface area contributed by atoms with E-state index < -0.39 is 74.7 Å². The molecule has 10 atom stereocenters. The van der Waals surface area contributed by atoms with Gasteiger partial charge in [0.15, 0.2) is 6.29 Å². The highest BCUT2D eigenvalue weighted by Gasteiger charge is 2.50. The molecule has 0 aliphatic carbocycles. The van der Waals surface area contributed by atoms with Crippen molar-refractivity contribution in [1.29, 1.82) is 0 Å². The second-order valence-electron chi connectivity index (χ2n) is 5.49. The molecule has 136 valence electrons. The summed E-state index contributed by atoms with van der Waals surface area (Å²) < 4.78 is 28.3. The lowest BCUT2D eigenvalue weighted by molar-refractivity contribution is -0.349. The van der Waals surface area contributed by atoms with E-state index in [2.05, 4.69) is 4.74 Å². The van der Waals surface area contributed by atoms with E-state index in [1.54, 1.807) is 0 Å². The van der Waals surface area contributed by atoms with E-state index in [9.17, 15) is 35.0 Å². The Kier molecular flexibility index (Phi) is 6.24. The highest BCUT2D eigenvalue weighted by molar-refractivity contribution is 4.93. The molecule has 2 rings (SSSR count). The average molecular weight is 344 g/mol. The molecule has 2 fully saturated rings.